The molecule has 1 aromatic carbocycles. The number of benzene rings is 1. The Labute approximate surface area is 187 Å². The van der Waals surface area contributed by atoms with Crippen molar-refractivity contribution < 1.29 is 14.2 Å². The summed E-state index contributed by atoms with van der Waals surface area (Å²) in [5.74, 6) is 1.78. The molecule has 0 amide bonds. The fourth-order valence-corrected chi connectivity index (χ4v) is 4.22. The van der Waals surface area contributed by atoms with E-state index in [1.54, 1.807) is 7.11 Å². The molecular formula is C24H40N4O3. The van der Waals surface area contributed by atoms with E-state index in [1.807, 2.05) is 6.07 Å². The van der Waals surface area contributed by atoms with Crippen molar-refractivity contribution in [2.75, 3.05) is 59.7 Å². The Morgan fingerprint density at radius 1 is 1.23 bits per heavy atom. The number of nitrogens with one attached hydrogen (secondary N) is 2. The van der Waals surface area contributed by atoms with Crippen molar-refractivity contribution in [1.82, 2.24) is 15.5 Å². The smallest absolute Gasteiger partial charge is 0.191 e. The molecule has 1 atom stereocenters. The van der Waals surface area contributed by atoms with E-state index < -0.39 is 0 Å². The third kappa shape index (κ3) is 7.98. The lowest BCUT2D eigenvalue weighted by molar-refractivity contribution is -0.0320. The van der Waals surface area contributed by atoms with E-state index in [0.29, 0.717) is 6.10 Å². The highest BCUT2D eigenvalue weighted by Gasteiger charge is 2.23. The Bertz CT molecular complexity index is 658. The van der Waals surface area contributed by atoms with Gasteiger partial charge in [0.2, 0.25) is 0 Å². The van der Waals surface area contributed by atoms with Gasteiger partial charge in [-0.1, -0.05) is 12.1 Å². The van der Waals surface area contributed by atoms with Gasteiger partial charge in [0.1, 0.15) is 5.75 Å². The van der Waals surface area contributed by atoms with E-state index in [9.17, 15) is 0 Å². The summed E-state index contributed by atoms with van der Waals surface area (Å²) in [5.41, 5.74) is 1.27. The molecule has 2 heterocycles. The predicted octanol–water partition coefficient (Wildman–Crippen LogP) is 2.97. The molecule has 2 aliphatic rings. The zero-order valence-corrected chi connectivity index (χ0v) is 19.3. The van der Waals surface area contributed by atoms with Crippen molar-refractivity contribution >= 4 is 5.96 Å². The molecule has 7 heteroatoms. The third-order valence-electron chi connectivity index (χ3n) is 5.96. The van der Waals surface area contributed by atoms with Gasteiger partial charge in [-0.2, -0.15) is 0 Å². The van der Waals surface area contributed by atoms with Crippen LogP contribution < -0.4 is 15.4 Å². The van der Waals surface area contributed by atoms with Crippen LogP contribution in [-0.4, -0.2) is 76.6 Å². The van der Waals surface area contributed by atoms with Gasteiger partial charge in [0.05, 0.1) is 25.8 Å². The first-order chi connectivity index (χ1) is 15.3. The first kappa shape index (κ1) is 23.8. The molecule has 31 heavy (non-hydrogen) atoms. The highest BCUT2D eigenvalue weighted by atomic mass is 16.5. The molecule has 0 saturated carbocycles. The molecule has 2 N–H and O–H groups in total. The van der Waals surface area contributed by atoms with Crippen LogP contribution in [-0.2, 0) is 9.47 Å². The van der Waals surface area contributed by atoms with Crippen LogP contribution in [0.3, 0.4) is 0 Å². The standard InChI is InChI=1S/C24H40N4O3/c1-3-25-24(26-12-7-15-31-21-10-16-30-17-11-21)27-19-23(28-13-4-5-14-28)20-8-6-9-22(18-20)29-2/h6,8-9,18,21,23H,3-5,7,10-17,19H2,1-2H3,(H2,25,26,27). The predicted molar refractivity (Wildman–Crippen MR) is 125 cm³/mol. The number of hydrogen-bond acceptors (Lipinski definition) is 5. The quantitative estimate of drug-likeness (QED) is 0.318. The van der Waals surface area contributed by atoms with Crippen LogP contribution in [0.25, 0.3) is 0 Å². The van der Waals surface area contributed by atoms with Crippen molar-refractivity contribution in [2.24, 2.45) is 4.99 Å². The number of rotatable bonds is 11. The van der Waals surface area contributed by atoms with Gasteiger partial charge in [0, 0.05) is 32.9 Å². The van der Waals surface area contributed by atoms with Crippen molar-refractivity contribution in [2.45, 2.75) is 51.2 Å². The second kappa shape index (κ2) is 13.6. The van der Waals surface area contributed by atoms with E-state index >= 15 is 0 Å². The van der Waals surface area contributed by atoms with Crippen molar-refractivity contribution in [3.05, 3.63) is 29.8 Å². The van der Waals surface area contributed by atoms with Gasteiger partial charge in [-0.3, -0.25) is 9.89 Å². The average molecular weight is 433 g/mol. The van der Waals surface area contributed by atoms with Gasteiger partial charge in [-0.15, -0.1) is 0 Å². The number of hydrogen-bond donors (Lipinski definition) is 2. The first-order valence-electron chi connectivity index (χ1n) is 11.9. The second-order valence-electron chi connectivity index (χ2n) is 8.22. The van der Waals surface area contributed by atoms with E-state index in [2.05, 4.69) is 40.7 Å². The van der Waals surface area contributed by atoms with Crippen molar-refractivity contribution in [1.29, 1.82) is 0 Å². The highest BCUT2D eigenvalue weighted by Crippen LogP contribution is 2.27. The Hall–Kier alpha value is -1.83. The zero-order valence-electron chi connectivity index (χ0n) is 19.3. The van der Waals surface area contributed by atoms with Crippen LogP contribution in [0, 0.1) is 0 Å². The lowest BCUT2D eigenvalue weighted by atomic mass is 10.1. The number of aliphatic imine (C=N–C) groups is 1. The monoisotopic (exact) mass is 432 g/mol. The topological polar surface area (TPSA) is 67.4 Å². The number of likely N-dealkylation sites (tertiary alicyclic amines) is 1. The molecule has 0 aromatic heterocycles. The Kier molecular flexibility index (Phi) is 10.4. The summed E-state index contributed by atoms with van der Waals surface area (Å²) in [5, 5.41) is 6.85. The molecular weight excluding hydrogens is 392 g/mol. The maximum Gasteiger partial charge on any atom is 0.191 e. The molecule has 1 unspecified atom stereocenters. The SMILES string of the molecule is CCNC(=NCC(c1cccc(OC)c1)N1CCCC1)NCCCOC1CCOCC1. The van der Waals surface area contributed by atoms with E-state index in [4.69, 9.17) is 19.2 Å². The molecule has 3 rings (SSSR count). The van der Waals surface area contributed by atoms with Crippen molar-refractivity contribution in [3.8, 4) is 5.75 Å². The summed E-state index contributed by atoms with van der Waals surface area (Å²) in [4.78, 5) is 7.48. The van der Waals surface area contributed by atoms with Gasteiger partial charge >= 0.3 is 0 Å². The van der Waals surface area contributed by atoms with Crippen LogP contribution in [0.1, 0.15) is 50.6 Å². The number of nitrogens with zero attached hydrogens (tertiary/aromatic N) is 2. The van der Waals surface area contributed by atoms with E-state index in [1.165, 1.54) is 18.4 Å². The van der Waals surface area contributed by atoms with Crippen LogP contribution in [0.4, 0.5) is 0 Å². The molecule has 0 bridgehead atoms. The zero-order chi connectivity index (χ0) is 21.7. The summed E-state index contributed by atoms with van der Waals surface area (Å²) < 4.78 is 16.8. The van der Waals surface area contributed by atoms with Gasteiger partial charge in [0.15, 0.2) is 5.96 Å². The van der Waals surface area contributed by atoms with Crippen LogP contribution in [0.2, 0.25) is 0 Å². The van der Waals surface area contributed by atoms with Gasteiger partial charge in [-0.25, -0.2) is 0 Å². The largest absolute Gasteiger partial charge is 0.497 e. The molecule has 0 radical (unpaired) electrons. The van der Waals surface area contributed by atoms with Gasteiger partial charge in [-0.05, 0) is 69.8 Å². The maximum absolute atomic E-state index is 5.97. The van der Waals surface area contributed by atoms with E-state index in [0.717, 1.165) is 83.5 Å². The minimum Gasteiger partial charge on any atom is -0.497 e. The highest BCUT2D eigenvalue weighted by molar-refractivity contribution is 5.79. The first-order valence-corrected chi connectivity index (χ1v) is 11.9. The number of ether oxygens (including phenoxy) is 3. The lowest BCUT2D eigenvalue weighted by Gasteiger charge is -2.27. The Morgan fingerprint density at radius 2 is 2.03 bits per heavy atom. The molecule has 2 fully saturated rings. The molecule has 174 valence electrons. The maximum atomic E-state index is 5.97. The molecule has 2 aliphatic heterocycles. The normalized spacial score (nSPS) is 19.4. The third-order valence-corrected chi connectivity index (χ3v) is 5.96. The van der Waals surface area contributed by atoms with Crippen LogP contribution in [0.15, 0.2) is 29.3 Å². The molecule has 1 aromatic rings. The van der Waals surface area contributed by atoms with Crippen LogP contribution in [0.5, 0.6) is 5.75 Å². The summed E-state index contributed by atoms with van der Waals surface area (Å²) in [7, 11) is 1.72. The summed E-state index contributed by atoms with van der Waals surface area (Å²) in [6, 6.07) is 8.68. The van der Waals surface area contributed by atoms with E-state index in [-0.39, 0.29) is 6.04 Å². The lowest BCUT2D eigenvalue weighted by Crippen LogP contribution is -2.39. The summed E-state index contributed by atoms with van der Waals surface area (Å²) >= 11 is 0. The number of guanidine groups is 1. The molecule has 0 aliphatic carbocycles. The van der Waals surface area contributed by atoms with Gasteiger partial charge in [0.25, 0.3) is 0 Å². The second-order valence-corrected chi connectivity index (χ2v) is 8.22. The summed E-state index contributed by atoms with van der Waals surface area (Å²) in [6.07, 6.45) is 5.87. The number of methoxy groups -OCH3 is 1. The minimum absolute atomic E-state index is 0.268. The van der Waals surface area contributed by atoms with Crippen molar-refractivity contribution in [3.63, 3.8) is 0 Å². The fourth-order valence-electron chi connectivity index (χ4n) is 4.22. The molecule has 0 spiro atoms. The molecule has 7 nitrogen and oxygen atoms in total. The average Bonchev–Trinajstić information content (AvgIpc) is 3.34. The Balaban J connectivity index is 1.52. The molecule has 2 saturated heterocycles. The Morgan fingerprint density at radius 3 is 2.77 bits per heavy atom. The fraction of sp³-hybridized carbons (Fsp3) is 0.708. The van der Waals surface area contributed by atoms with Gasteiger partial charge < -0.3 is 24.8 Å². The summed E-state index contributed by atoms with van der Waals surface area (Å²) in [6.45, 7) is 9.21. The minimum atomic E-state index is 0.268. The van der Waals surface area contributed by atoms with Crippen LogP contribution >= 0.6 is 0 Å².